The third-order valence-electron chi connectivity index (χ3n) is 6.89. The van der Waals surface area contributed by atoms with Gasteiger partial charge in [-0.15, -0.1) is 0 Å². The van der Waals surface area contributed by atoms with E-state index in [-0.39, 0.29) is 30.5 Å². The highest BCUT2D eigenvalue weighted by atomic mass is 19.4. The number of piperidine rings is 1. The van der Waals surface area contributed by atoms with Gasteiger partial charge in [0.25, 0.3) is 0 Å². The van der Waals surface area contributed by atoms with Gasteiger partial charge in [-0.05, 0) is 49.3 Å². The highest BCUT2D eigenvalue weighted by Crippen LogP contribution is 2.39. The van der Waals surface area contributed by atoms with E-state index in [1.54, 1.807) is 0 Å². The van der Waals surface area contributed by atoms with E-state index in [2.05, 4.69) is 24.3 Å². The molecule has 0 bridgehead atoms. The summed E-state index contributed by atoms with van der Waals surface area (Å²) in [6.45, 7) is 1.67. The largest absolute Gasteiger partial charge is 0.416 e. The number of hydrogen-bond acceptors (Lipinski definition) is 3. The van der Waals surface area contributed by atoms with Gasteiger partial charge in [0.1, 0.15) is 0 Å². The van der Waals surface area contributed by atoms with Crippen molar-refractivity contribution in [3.05, 3.63) is 107 Å². The molecule has 1 amide bonds. The number of amides is 1. The van der Waals surface area contributed by atoms with Crippen LogP contribution in [0.15, 0.2) is 84.9 Å². The summed E-state index contributed by atoms with van der Waals surface area (Å²) < 4.78 is 45.3. The Hall–Kier alpha value is -3.16. The predicted molar refractivity (Wildman–Crippen MR) is 138 cm³/mol. The molecule has 0 aliphatic carbocycles. The minimum absolute atomic E-state index is 0.00467. The molecule has 0 saturated carbocycles. The molecule has 1 aliphatic rings. The van der Waals surface area contributed by atoms with E-state index in [4.69, 9.17) is 4.74 Å². The second kappa shape index (κ2) is 11.9. The predicted octanol–water partition coefficient (Wildman–Crippen LogP) is 5.83. The van der Waals surface area contributed by atoms with Gasteiger partial charge in [-0.2, -0.15) is 13.2 Å². The van der Waals surface area contributed by atoms with Crippen molar-refractivity contribution in [1.29, 1.82) is 0 Å². The third-order valence-corrected chi connectivity index (χ3v) is 6.89. The quantitative estimate of drug-likeness (QED) is 0.382. The van der Waals surface area contributed by atoms with Crippen LogP contribution in [0.3, 0.4) is 0 Å². The molecule has 0 aromatic heterocycles. The van der Waals surface area contributed by atoms with Crippen molar-refractivity contribution in [3.63, 3.8) is 0 Å². The molecule has 3 aromatic rings. The van der Waals surface area contributed by atoms with Gasteiger partial charge in [-0.1, -0.05) is 72.8 Å². The van der Waals surface area contributed by atoms with Gasteiger partial charge >= 0.3 is 6.18 Å². The molecule has 3 aromatic carbocycles. The van der Waals surface area contributed by atoms with Crippen LogP contribution in [0.4, 0.5) is 13.2 Å². The Labute approximate surface area is 216 Å². The molecule has 0 radical (unpaired) electrons. The third kappa shape index (κ3) is 6.99. The second-order valence-electron chi connectivity index (χ2n) is 9.87. The summed E-state index contributed by atoms with van der Waals surface area (Å²) in [7, 11) is 3.76. The second-order valence-corrected chi connectivity index (χ2v) is 9.87. The highest BCUT2D eigenvalue weighted by molar-refractivity contribution is 5.78. The number of likely N-dealkylation sites (tertiary alicyclic amines) is 1. The van der Waals surface area contributed by atoms with Crippen LogP contribution in [-0.2, 0) is 22.3 Å². The average molecular weight is 511 g/mol. The fraction of sp³-hybridized carbons (Fsp3) is 0.367. The van der Waals surface area contributed by atoms with Crippen molar-refractivity contribution in [1.82, 2.24) is 9.80 Å². The Morgan fingerprint density at radius 1 is 0.946 bits per heavy atom. The van der Waals surface area contributed by atoms with Crippen molar-refractivity contribution >= 4 is 5.91 Å². The lowest BCUT2D eigenvalue weighted by molar-refractivity contribution is -0.138. The zero-order valence-electron chi connectivity index (χ0n) is 21.2. The number of nitrogens with zero attached hydrogens (tertiary/aromatic N) is 2. The van der Waals surface area contributed by atoms with E-state index >= 15 is 0 Å². The van der Waals surface area contributed by atoms with E-state index in [0.29, 0.717) is 31.6 Å². The smallest absolute Gasteiger partial charge is 0.373 e. The molecule has 4 nitrogen and oxygen atoms in total. The summed E-state index contributed by atoms with van der Waals surface area (Å²) in [6, 6.07) is 25.6. The molecule has 1 heterocycles. The maximum absolute atomic E-state index is 13.0. The lowest BCUT2D eigenvalue weighted by atomic mass is 9.75. The molecule has 0 N–H and O–H groups in total. The Morgan fingerprint density at radius 2 is 1.51 bits per heavy atom. The van der Waals surface area contributed by atoms with Gasteiger partial charge in [0.15, 0.2) is 0 Å². The molecule has 1 fully saturated rings. The summed E-state index contributed by atoms with van der Waals surface area (Å²) in [4.78, 5) is 16.8. The van der Waals surface area contributed by atoms with Gasteiger partial charge in [0.05, 0.1) is 24.8 Å². The molecule has 4 rings (SSSR count). The number of carbonyl (C=O) groups excluding carboxylic acids is 1. The van der Waals surface area contributed by atoms with Crippen molar-refractivity contribution in [2.75, 3.05) is 33.7 Å². The number of halogens is 3. The maximum Gasteiger partial charge on any atom is 0.416 e. The van der Waals surface area contributed by atoms with Crippen LogP contribution in [0.5, 0.6) is 0 Å². The Bertz CT molecular complexity index is 1100. The van der Waals surface area contributed by atoms with Crippen LogP contribution in [0.25, 0.3) is 0 Å². The Morgan fingerprint density at radius 3 is 2.03 bits per heavy atom. The summed E-state index contributed by atoms with van der Waals surface area (Å²) in [6.07, 6.45) is -3.88. The summed E-state index contributed by atoms with van der Waals surface area (Å²) in [5, 5.41) is 0. The van der Waals surface area contributed by atoms with Gasteiger partial charge < -0.3 is 14.5 Å². The fourth-order valence-corrected chi connectivity index (χ4v) is 5.09. The molecular weight excluding hydrogens is 477 g/mol. The number of ether oxygens (including phenoxy) is 1. The summed E-state index contributed by atoms with van der Waals surface area (Å²) in [5.41, 5.74) is 2.30. The molecule has 37 heavy (non-hydrogen) atoms. The molecular formula is C30H33F3N2O2. The van der Waals surface area contributed by atoms with Crippen LogP contribution in [-0.4, -0.2) is 55.5 Å². The van der Waals surface area contributed by atoms with Crippen LogP contribution in [0.1, 0.15) is 34.6 Å². The zero-order valence-corrected chi connectivity index (χ0v) is 21.2. The standard InChI is InChI=1S/C30H33F3N2O2/c1-34(2)20-28(36)35-18-17-27(37-21-22-13-15-25(16-14-22)30(31,32)33)26(19-35)29(23-9-5-3-6-10-23)24-11-7-4-8-12-24/h3-16,26-27,29H,17-21H2,1-2H3/t26-,27+/m1/s1. The van der Waals surface area contributed by atoms with Crippen LogP contribution < -0.4 is 0 Å². The van der Waals surface area contributed by atoms with Gasteiger partial charge in [0, 0.05) is 24.9 Å². The van der Waals surface area contributed by atoms with Gasteiger partial charge in [0.2, 0.25) is 5.91 Å². The highest BCUT2D eigenvalue weighted by Gasteiger charge is 2.38. The first-order valence-corrected chi connectivity index (χ1v) is 12.5. The number of carbonyl (C=O) groups is 1. The molecule has 0 spiro atoms. The first-order chi connectivity index (χ1) is 17.7. The fourth-order valence-electron chi connectivity index (χ4n) is 5.09. The summed E-state index contributed by atoms with van der Waals surface area (Å²) >= 11 is 0. The molecule has 0 unspecified atom stereocenters. The SMILES string of the molecule is CN(C)CC(=O)N1CC[C@H](OCc2ccc(C(F)(F)F)cc2)[C@H](C(c2ccccc2)c2ccccc2)C1. The number of rotatable bonds is 8. The Balaban J connectivity index is 1.61. The summed E-state index contributed by atoms with van der Waals surface area (Å²) in [5.74, 6) is 0.0464. The van der Waals surface area contributed by atoms with Crippen LogP contribution >= 0.6 is 0 Å². The van der Waals surface area contributed by atoms with Gasteiger partial charge in [-0.25, -0.2) is 0 Å². The molecule has 196 valence electrons. The van der Waals surface area contributed by atoms with Crippen molar-refractivity contribution < 1.29 is 22.7 Å². The zero-order chi connectivity index (χ0) is 26.4. The van der Waals surface area contributed by atoms with Crippen molar-refractivity contribution in [3.8, 4) is 0 Å². The first kappa shape index (κ1) is 26.9. The van der Waals surface area contributed by atoms with E-state index in [9.17, 15) is 18.0 Å². The number of benzene rings is 3. The topological polar surface area (TPSA) is 32.8 Å². The molecule has 7 heteroatoms. The molecule has 1 saturated heterocycles. The van der Waals surface area contributed by atoms with Crippen molar-refractivity contribution in [2.45, 2.75) is 31.2 Å². The maximum atomic E-state index is 13.0. The monoisotopic (exact) mass is 510 g/mol. The average Bonchev–Trinajstić information content (AvgIpc) is 2.88. The minimum atomic E-state index is -4.37. The first-order valence-electron chi connectivity index (χ1n) is 12.5. The van der Waals surface area contributed by atoms with Crippen LogP contribution in [0.2, 0.25) is 0 Å². The van der Waals surface area contributed by atoms with Crippen LogP contribution in [0, 0.1) is 5.92 Å². The molecule has 2 atom stereocenters. The lowest BCUT2D eigenvalue weighted by Crippen LogP contribution is -2.50. The van der Waals surface area contributed by atoms with Gasteiger partial charge in [-0.3, -0.25) is 4.79 Å². The van der Waals surface area contributed by atoms with E-state index in [1.807, 2.05) is 60.3 Å². The number of hydrogen-bond donors (Lipinski definition) is 0. The minimum Gasteiger partial charge on any atom is -0.373 e. The molecule has 1 aliphatic heterocycles. The lowest BCUT2D eigenvalue weighted by Gasteiger charge is -2.43. The normalized spacial score (nSPS) is 18.4. The van der Waals surface area contributed by atoms with Crippen molar-refractivity contribution in [2.24, 2.45) is 5.92 Å². The van der Waals surface area contributed by atoms with E-state index in [1.165, 1.54) is 12.1 Å². The van der Waals surface area contributed by atoms with E-state index < -0.39 is 11.7 Å². The van der Waals surface area contributed by atoms with E-state index in [0.717, 1.165) is 23.3 Å². The number of alkyl halides is 3. The number of likely N-dealkylation sites (N-methyl/N-ethyl adjacent to an activating group) is 1. The Kier molecular flexibility index (Phi) is 8.67.